The molecule has 1 N–H and O–H groups in total. The number of hydrogen-bond acceptors (Lipinski definition) is 4. The molecule has 0 radical (unpaired) electrons. The number of carboxylic acids is 1. The van der Waals surface area contributed by atoms with Crippen molar-refractivity contribution >= 4 is 5.97 Å². The van der Waals surface area contributed by atoms with E-state index in [4.69, 9.17) is 0 Å². The van der Waals surface area contributed by atoms with Crippen LogP contribution in [0.3, 0.4) is 0 Å². The zero-order valence-electron chi connectivity index (χ0n) is 12.8. The second-order valence-electron chi connectivity index (χ2n) is 5.20. The maximum absolute atomic E-state index is 11.4. The van der Waals surface area contributed by atoms with Crippen molar-refractivity contribution in [3.63, 3.8) is 0 Å². The van der Waals surface area contributed by atoms with Crippen LogP contribution < -0.4 is 0 Å². The van der Waals surface area contributed by atoms with Gasteiger partial charge in [0, 0.05) is 28.7 Å². The van der Waals surface area contributed by atoms with Crippen molar-refractivity contribution < 1.29 is 9.90 Å². The highest BCUT2D eigenvalue weighted by Gasteiger charge is 2.14. The van der Waals surface area contributed by atoms with E-state index in [0.29, 0.717) is 11.4 Å². The number of hydrogen-bond donors (Lipinski definition) is 1. The van der Waals surface area contributed by atoms with E-state index in [2.05, 4.69) is 15.0 Å². The van der Waals surface area contributed by atoms with Gasteiger partial charge in [0.05, 0.1) is 11.3 Å². The van der Waals surface area contributed by atoms with Gasteiger partial charge >= 0.3 is 5.97 Å². The largest absolute Gasteiger partial charge is 0.478 e. The van der Waals surface area contributed by atoms with Crippen LogP contribution >= 0.6 is 0 Å². The Bertz CT molecular complexity index is 891. The van der Waals surface area contributed by atoms with Crippen LogP contribution in [-0.2, 0) is 0 Å². The summed E-state index contributed by atoms with van der Waals surface area (Å²) in [5.41, 5.74) is 4.13. The maximum atomic E-state index is 11.4. The first-order valence-corrected chi connectivity index (χ1v) is 7.16. The topological polar surface area (TPSA) is 76.0 Å². The minimum Gasteiger partial charge on any atom is -0.478 e. The summed E-state index contributed by atoms with van der Waals surface area (Å²) >= 11 is 0. The monoisotopic (exact) mass is 305 g/mol. The zero-order chi connectivity index (χ0) is 16.4. The number of aromatic nitrogens is 3. The molecule has 0 amide bonds. The SMILES string of the molecule is Cc1ccc(-c2ccnc(-c3ccccc3C(=O)O)n2)c(C)n1. The van der Waals surface area contributed by atoms with Crippen LogP contribution in [0, 0.1) is 13.8 Å². The van der Waals surface area contributed by atoms with E-state index in [0.717, 1.165) is 22.6 Å². The van der Waals surface area contributed by atoms with Gasteiger partial charge in [0.1, 0.15) is 0 Å². The van der Waals surface area contributed by atoms with E-state index in [1.165, 1.54) is 0 Å². The minimum absolute atomic E-state index is 0.184. The number of aryl methyl sites for hydroxylation is 2. The Morgan fingerprint density at radius 3 is 2.48 bits per heavy atom. The van der Waals surface area contributed by atoms with E-state index in [1.807, 2.05) is 26.0 Å². The third kappa shape index (κ3) is 2.94. The van der Waals surface area contributed by atoms with Crippen molar-refractivity contribution in [3.05, 3.63) is 65.6 Å². The van der Waals surface area contributed by atoms with E-state index >= 15 is 0 Å². The molecular weight excluding hydrogens is 290 g/mol. The molecule has 0 aliphatic rings. The molecule has 3 aromatic rings. The summed E-state index contributed by atoms with van der Waals surface area (Å²) in [6.07, 6.45) is 1.63. The lowest BCUT2D eigenvalue weighted by Crippen LogP contribution is -2.02. The molecule has 0 aliphatic heterocycles. The summed E-state index contributed by atoms with van der Waals surface area (Å²) in [5, 5.41) is 9.32. The summed E-state index contributed by atoms with van der Waals surface area (Å²) in [7, 11) is 0. The minimum atomic E-state index is -0.997. The Hall–Kier alpha value is -3.08. The lowest BCUT2D eigenvalue weighted by Gasteiger charge is -2.08. The summed E-state index contributed by atoms with van der Waals surface area (Å²) < 4.78 is 0. The highest BCUT2D eigenvalue weighted by Crippen LogP contribution is 2.25. The molecule has 114 valence electrons. The molecule has 0 aliphatic carbocycles. The Labute approximate surface area is 133 Å². The van der Waals surface area contributed by atoms with Gasteiger partial charge in [-0.05, 0) is 38.1 Å². The highest BCUT2D eigenvalue weighted by molar-refractivity contribution is 5.95. The molecular formula is C18H15N3O2. The molecule has 2 aromatic heterocycles. The third-order valence-electron chi connectivity index (χ3n) is 3.55. The standard InChI is InChI=1S/C18H15N3O2/c1-11-7-8-13(12(2)20-11)16-9-10-19-17(21-16)14-5-3-4-6-15(14)18(22)23/h3-10H,1-2H3,(H,22,23). The van der Waals surface area contributed by atoms with Gasteiger partial charge in [-0.2, -0.15) is 0 Å². The molecule has 0 bridgehead atoms. The van der Waals surface area contributed by atoms with E-state index < -0.39 is 5.97 Å². The Morgan fingerprint density at radius 1 is 0.957 bits per heavy atom. The first kappa shape index (κ1) is 14.8. The number of rotatable bonds is 3. The van der Waals surface area contributed by atoms with Gasteiger partial charge in [-0.25, -0.2) is 14.8 Å². The molecule has 5 heteroatoms. The first-order valence-electron chi connectivity index (χ1n) is 7.16. The number of aromatic carboxylic acids is 1. The van der Waals surface area contributed by atoms with Crippen LogP contribution in [0.25, 0.3) is 22.6 Å². The van der Waals surface area contributed by atoms with Crippen molar-refractivity contribution in [2.45, 2.75) is 13.8 Å². The Balaban J connectivity index is 2.13. The lowest BCUT2D eigenvalue weighted by atomic mass is 10.1. The lowest BCUT2D eigenvalue weighted by molar-refractivity contribution is 0.0697. The van der Waals surface area contributed by atoms with Gasteiger partial charge in [0.15, 0.2) is 5.82 Å². The molecule has 0 spiro atoms. The summed E-state index contributed by atoms with van der Waals surface area (Å²) in [4.78, 5) is 24.6. The zero-order valence-corrected chi connectivity index (χ0v) is 12.8. The van der Waals surface area contributed by atoms with Crippen LogP contribution in [0.2, 0.25) is 0 Å². The molecule has 2 heterocycles. The molecule has 0 atom stereocenters. The summed E-state index contributed by atoms with van der Waals surface area (Å²) in [5.74, 6) is -0.608. The van der Waals surface area contributed by atoms with Crippen molar-refractivity contribution in [2.24, 2.45) is 0 Å². The molecule has 5 nitrogen and oxygen atoms in total. The van der Waals surface area contributed by atoms with E-state index in [-0.39, 0.29) is 5.56 Å². The summed E-state index contributed by atoms with van der Waals surface area (Å²) in [6.45, 7) is 3.86. The van der Waals surface area contributed by atoms with E-state index in [1.54, 1.807) is 36.5 Å². The number of carboxylic acid groups (broad SMARTS) is 1. The fraction of sp³-hybridized carbons (Fsp3) is 0.111. The molecule has 1 aromatic carbocycles. The van der Waals surface area contributed by atoms with Gasteiger partial charge in [0.2, 0.25) is 0 Å². The number of pyridine rings is 1. The number of benzene rings is 1. The normalized spacial score (nSPS) is 10.5. The number of nitrogens with zero attached hydrogens (tertiary/aromatic N) is 3. The van der Waals surface area contributed by atoms with Crippen LogP contribution in [0.15, 0.2) is 48.7 Å². The van der Waals surface area contributed by atoms with Crippen LogP contribution in [0.1, 0.15) is 21.7 Å². The average molecular weight is 305 g/mol. The van der Waals surface area contributed by atoms with Crippen molar-refractivity contribution in [1.82, 2.24) is 15.0 Å². The van der Waals surface area contributed by atoms with Crippen LogP contribution in [0.5, 0.6) is 0 Å². The van der Waals surface area contributed by atoms with Gasteiger partial charge in [-0.3, -0.25) is 4.98 Å². The maximum Gasteiger partial charge on any atom is 0.336 e. The molecule has 0 unspecified atom stereocenters. The fourth-order valence-electron chi connectivity index (χ4n) is 2.46. The predicted molar refractivity (Wildman–Crippen MR) is 87.1 cm³/mol. The second-order valence-corrected chi connectivity index (χ2v) is 5.20. The predicted octanol–water partition coefficient (Wildman–Crippen LogP) is 3.52. The summed E-state index contributed by atoms with van der Waals surface area (Å²) in [6, 6.07) is 12.4. The van der Waals surface area contributed by atoms with Gasteiger partial charge in [0.25, 0.3) is 0 Å². The Morgan fingerprint density at radius 2 is 1.74 bits per heavy atom. The van der Waals surface area contributed by atoms with E-state index in [9.17, 15) is 9.90 Å². The van der Waals surface area contributed by atoms with Crippen molar-refractivity contribution in [1.29, 1.82) is 0 Å². The van der Waals surface area contributed by atoms with Crippen molar-refractivity contribution in [3.8, 4) is 22.6 Å². The molecule has 0 saturated carbocycles. The molecule has 0 saturated heterocycles. The first-order chi connectivity index (χ1) is 11.1. The van der Waals surface area contributed by atoms with Crippen molar-refractivity contribution in [2.75, 3.05) is 0 Å². The highest BCUT2D eigenvalue weighted by atomic mass is 16.4. The fourth-order valence-corrected chi connectivity index (χ4v) is 2.46. The average Bonchev–Trinajstić information content (AvgIpc) is 2.55. The smallest absolute Gasteiger partial charge is 0.336 e. The molecule has 23 heavy (non-hydrogen) atoms. The Kier molecular flexibility index (Phi) is 3.85. The van der Waals surface area contributed by atoms with Gasteiger partial charge < -0.3 is 5.11 Å². The third-order valence-corrected chi connectivity index (χ3v) is 3.55. The quantitative estimate of drug-likeness (QED) is 0.801. The molecule has 3 rings (SSSR count). The molecule has 0 fully saturated rings. The second kappa shape index (κ2) is 5.96. The van der Waals surface area contributed by atoms with Crippen LogP contribution in [-0.4, -0.2) is 26.0 Å². The van der Waals surface area contributed by atoms with Crippen LogP contribution in [0.4, 0.5) is 0 Å². The number of carbonyl (C=O) groups is 1. The van der Waals surface area contributed by atoms with Gasteiger partial charge in [-0.1, -0.05) is 18.2 Å². The van der Waals surface area contributed by atoms with Gasteiger partial charge in [-0.15, -0.1) is 0 Å².